The minimum absolute atomic E-state index is 0.0395. The van der Waals surface area contributed by atoms with Gasteiger partial charge < -0.3 is 14.4 Å². The molecular formula is C12H20INO3. The first kappa shape index (κ1) is 14.9. The quantitative estimate of drug-likeness (QED) is 0.432. The van der Waals surface area contributed by atoms with Crippen molar-refractivity contribution in [3.8, 4) is 0 Å². The van der Waals surface area contributed by atoms with E-state index in [-0.39, 0.29) is 18.2 Å². The molecule has 1 rings (SSSR count). The molecule has 0 amide bonds. The fourth-order valence-corrected chi connectivity index (χ4v) is 2.28. The van der Waals surface area contributed by atoms with Crippen LogP contribution in [0.25, 0.3) is 0 Å². The van der Waals surface area contributed by atoms with Crippen molar-refractivity contribution in [2.24, 2.45) is 0 Å². The number of carbonyl (C=O) groups is 1. The van der Waals surface area contributed by atoms with Crippen molar-refractivity contribution >= 4 is 28.6 Å². The Bertz CT molecular complexity index is 270. The highest BCUT2D eigenvalue weighted by molar-refractivity contribution is 14.1. The summed E-state index contributed by atoms with van der Waals surface area (Å²) in [6, 6.07) is 0. The fraction of sp³-hybridized carbons (Fsp3) is 0.750. The molecule has 4 nitrogen and oxygen atoms in total. The van der Waals surface area contributed by atoms with Crippen LogP contribution >= 0.6 is 22.6 Å². The number of piperidine rings is 1. The molecule has 98 valence electrons. The minimum atomic E-state index is -0.231. The average molecular weight is 349 g/mol. The van der Waals surface area contributed by atoms with Gasteiger partial charge in [-0.3, -0.25) is 4.79 Å². The highest BCUT2D eigenvalue weighted by atomic mass is 123. The van der Waals surface area contributed by atoms with E-state index in [9.17, 15) is 4.79 Å². The Labute approximate surface area is 116 Å². The van der Waals surface area contributed by atoms with Gasteiger partial charge in [0.05, 0.1) is 12.7 Å². The monoisotopic (exact) mass is 349 g/mol. The summed E-state index contributed by atoms with van der Waals surface area (Å²) in [5, 5.41) is 0. The first-order valence-corrected chi connectivity index (χ1v) is 7.10. The highest BCUT2D eigenvalue weighted by Crippen LogP contribution is 2.16. The molecule has 0 spiro atoms. The maximum Gasteiger partial charge on any atom is 0.303 e. The van der Waals surface area contributed by atoms with E-state index in [0.29, 0.717) is 6.61 Å². The Kier molecular flexibility index (Phi) is 7.06. The molecule has 0 aromatic carbocycles. The molecule has 0 aliphatic carbocycles. The zero-order chi connectivity index (χ0) is 12.7. The van der Waals surface area contributed by atoms with E-state index in [1.165, 1.54) is 6.92 Å². The van der Waals surface area contributed by atoms with Crippen LogP contribution in [-0.4, -0.2) is 49.8 Å². The van der Waals surface area contributed by atoms with Crippen molar-refractivity contribution in [2.75, 3.05) is 26.7 Å². The Balaban J connectivity index is 2.39. The second-order valence-corrected chi connectivity index (χ2v) is 4.98. The molecule has 0 radical (unpaired) electrons. The maximum absolute atomic E-state index is 11.0. The lowest BCUT2D eigenvalue weighted by atomic mass is 10.1. The van der Waals surface area contributed by atoms with Gasteiger partial charge in [0.1, 0.15) is 6.10 Å². The standard InChI is InChI=1S/C12H20INO3/c1-10(15)17-12-9-14(2)7-5-11(12)16-8-4-3-6-13/h3,6,11-12H,4-5,7-9H2,1-2H3/i13-4. The average Bonchev–Trinajstić information content (AvgIpc) is 2.26. The molecule has 2 atom stereocenters. The van der Waals surface area contributed by atoms with Crippen molar-refractivity contribution in [1.82, 2.24) is 4.90 Å². The zero-order valence-electron chi connectivity index (χ0n) is 10.4. The highest BCUT2D eigenvalue weighted by Gasteiger charge is 2.30. The van der Waals surface area contributed by atoms with Crippen molar-refractivity contribution in [1.29, 1.82) is 0 Å². The number of halogens is 1. The van der Waals surface area contributed by atoms with Gasteiger partial charge in [-0.25, -0.2) is 0 Å². The Morgan fingerprint density at radius 2 is 2.29 bits per heavy atom. The molecule has 2 unspecified atom stereocenters. The van der Waals surface area contributed by atoms with E-state index < -0.39 is 0 Å². The van der Waals surface area contributed by atoms with Crippen LogP contribution in [0.5, 0.6) is 0 Å². The molecule has 1 saturated heterocycles. The molecule has 1 fully saturated rings. The number of nitrogens with zero attached hydrogens (tertiary/aromatic N) is 1. The minimum Gasteiger partial charge on any atom is -0.458 e. The van der Waals surface area contributed by atoms with Crippen LogP contribution in [0, 0.1) is 0 Å². The van der Waals surface area contributed by atoms with Crippen LogP contribution in [0.15, 0.2) is 10.2 Å². The van der Waals surface area contributed by atoms with Gasteiger partial charge in [0, 0.05) is 20.0 Å². The molecule has 0 saturated carbocycles. The van der Waals surface area contributed by atoms with Crippen LogP contribution in [0.2, 0.25) is 0 Å². The summed E-state index contributed by atoms with van der Waals surface area (Å²) in [6.45, 7) is 3.88. The Morgan fingerprint density at radius 1 is 1.53 bits per heavy atom. The molecular weight excluding hydrogens is 329 g/mol. The van der Waals surface area contributed by atoms with Gasteiger partial charge in [0.15, 0.2) is 0 Å². The summed E-state index contributed by atoms with van der Waals surface area (Å²) in [7, 11) is 2.03. The predicted octanol–water partition coefficient (Wildman–Crippen LogP) is 1.98. The third kappa shape index (κ3) is 5.83. The summed E-state index contributed by atoms with van der Waals surface area (Å²) in [5.74, 6) is -0.231. The predicted molar refractivity (Wildman–Crippen MR) is 75.2 cm³/mol. The summed E-state index contributed by atoms with van der Waals surface area (Å²) < 4.78 is 13.1. The first-order chi connectivity index (χ1) is 8.13. The number of carbonyl (C=O) groups excluding carboxylic acids is 1. The number of hydrogen-bond acceptors (Lipinski definition) is 4. The molecule has 5 heteroatoms. The molecule has 1 aliphatic heterocycles. The number of hydrogen-bond donors (Lipinski definition) is 0. The second kappa shape index (κ2) is 8.05. The van der Waals surface area contributed by atoms with Crippen molar-refractivity contribution in [2.45, 2.75) is 32.0 Å². The van der Waals surface area contributed by atoms with Crippen molar-refractivity contribution < 1.29 is 14.3 Å². The zero-order valence-corrected chi connectivity index (χ0v) is 12.6. The van der Waals surface area contributed by atoms with E-state index in [2.05, 4.69) is 33.6 Å². The first-order valence-electron chi connectivity index (χ1n) is 5.86. The van der Waals surface area contributed by atoms with Crippen molar-refractivity contribution in [3.05, 3.63) is 10.2 Å². The van der Waals surface area contributed by atoms with E-state index in [1.54, 1.807) is 0 Å². The third-order valence-corrected chi connectivity index (χ3v) is 3.23. The molecule has 0 bridgehead atoms. The van der Waals surface area contributed by atoms with Crippen LogP contribution in [0.3, 0.4) is 0 Å². The van der Waals surface area contributed by atoms with Crippen molar-refractivity contribution in [3.63, 3.8) is 0 Å². The smallest absolute Gasteiger partial charge is 0.303 e. The van der Waals surface area contributed by atoms with E-state index in [0.717, 1.165) is 25.9 Å². The normalized spacial score (nSPS) is 26.3. The number of rotatable bonds is 5. The van der Waals surface area contributed by atoms with Crippen LogP contribution < -0.4 is 0 Å². The van der Waals surface area contributed by atoms with Gasteiger partial charge in [-0.2, -0.15) is 0 Å². The van der Waals surface area contributed by atoms with Gasteiger partial charge in [0.25, 0.3) is 0 Å². The van der Waals surface area contributed by atoms with Gasteiger partial charge in [-0.1, -0.05) is 28.7 Å². The number of likely N-dealkylation sites (N-methyl/N-ethyl adjacent to an activating group) is 1. The molecule has 0 N–H and O–H groups in total. The van der Waals surface area contributed by atoms with Gasteiger partial charge in [-0.05, 0) is 24.0 Å². The number of likely N-dealkylation sites (tertiary alicyclic amines) is 1. The van der Waals surface area contributed by atoms with E-state index >= 15 is 0 Å². The molecule has 0 aromatic heterocycles. The van der Waals surface area contributed by atoms with Gasteiger partial charge in [-0.15, -0.1) is 0 Å². The summed E-state index contributed by atoms with van der Waals surface area (Å²) in [5.41, 5.74) is 0. The van der Waals surface area contributed by atoms with Crippen LogP contribution in [0.1, 0.15) is 19.8 Å². The third-order valence-electron chi connectivity index (χ3n) is 2.72. The van der Waals surface area contributed by atoms with Gasteiger partial charge in [0.2, 0.25) is 0 Å². The largest absolute Gasteiger partial charge is 0.458 e. The topological polar surface area (TPSA) is 38.8 Å². The van der Waals surface area contributed by atoms with Gasteiger partial charge >= 0.3 is 5.97 Å². The maximum atomic E-state index is 11.0. The Hall–Kier alpha value is -0.140. The summed E-state index contributed by atoms with van der Waals surface area (Å²) in [6.07, 6.45) is 3.80. The lowest BCUT2D eigenvalue weighted by Gasteiger charge is -2.35. The van der Waals surface area contributed by atoms with Crippen LogP contribution in [0.4, 0.5) is 0 Å². The number of esters is 1. The summed E-state index contributed by atoms with van der Waals surface area (Å²) >= 11 is 2.19. The second-order valence-electron chi connectivity index (χ2n) is 4.26. The lowest BCUT2D eigenvalue weighted by molar-refractivity contribution is -0.160. The van der Waals surface area contributed by atoms with E-state index in [1.807, 2.05) is 11.1 Å². The molecule has 1 heterocycles. The van der Waals surface area contributed by atoms with Crippen LogP contribution in [-0.2, 0) is 14.3 Å². The SMILES string of the molecule is CC(=O)OC1CN(C)CCC1OCCC=C[123I]. The molecule has 1 aliphatic rings. The Morgan fingerprint density at radius 3 is 2.94 bits per heavy atom. The summed E-state index contributed by atoms with van der Waals surface area (Å²) in [4.78, 5) is 13.2. The van der Waals surface area contributed by atoms with E-state index in [4.69, 9.17) is 9.47 Å². The molecule has 0 aromatic rings. The number of ether oxygens (including phenoxy) is 2. The lowest BCUT2D eigenvalue weighted by Crippen LogP contribution is -2.48. The fourth-order valence-electron chi connectivity index (χ4n) is 1.92. The molecule has 17 heavy (non-hydrogen) atoms.